The summed E-state index contributed by atoms with van der Waals surface area (Å²) in [4.78, 5) is 11.5. The number of nitrogens with zero attached hydrogens (tertiary/aromatic N) is 3. The second-order valence-electron chi connectivity index (χ2n) is 8.60. The first-order valence-electron chi connectivity index (χ1n) is 10.5. The average molecular weight is 404 g/mol. The molecule has 5 nitrogen and oxygen atoms in total. The molecule has 1 aromatic carbocycles. The summed E-state index contributed by atoms with van der Waals surface area (Å²) in [5.41, 5.74) is 2.20. The first-order valence-corrected chi connectivity index (χ1v) is 10.5. The topological polar surface area (TPSA) is 47.5 Å². The van der Waals surface area contributed by atoms with Crippen LogP contribution in [-0.2, 0) is 13.1 Å². The lowest BCUT2D eigenvalue weighted by molar-refractivity contribution is 0.154. The minimum absolute atomic E-state index is 0.0724. The molecule has 3 heterocycles. The molecule has 0 atom stereocenters. The highest BCUT2D eigenvalue weighted by atomic mass is 16.5. The van der Waals surface area contributed by atoms with E-state index in [0.29, 0.717) is 18.2 Å². The first-order chi connectivity index (χ1) is 14.6. The van der Waals surface area contributed by atoms with Crippen molar-refractivity contribution in [1.29, 1.82) is 0 Å². The standard InChI is InChI=1S/C25H29N3O2/c1-25(2)13-8-16-28(18-21-10-5-6-14-26-21)17-20-9-7-15-27-24(20)30-23-12-4-3-11-22(23)29-19-25/h3-7,9-12,14-15H,8,13,16-19H2,1-2H3. The molecule has 0 amide bonds. The lowest BCUT2D eigenvalue weighted by Gasteiger charge is -2.27. The number of hydrogen-bond acceptors (Lipinski definition) is 5. The molecule has 5 heteroatoms. The second-order valence-corrected chi connectivity index (χ2v) is 8.60. The van der Waals surface area contributed by atoms with Gasteiger partial charge < -0.3 is 9.47 Å². The highest BCUT2D eigenvalue weighted by Gasteiger charge is 2.22. The molecule has 0 spiro atoms. The Labute approximate surface area is 178 Å². The number of fused-ring (bicyclic) bond motifs is 2. The van der Waals surface area contributed by atoms with E-state index in [9.17, 15) is 0 Å². The maximum absolute atomic E-state index is 6.24. The molecule has 0 bridgehead atoms. The van der Waals surface area contributed by atoms with Gasteiger partial charge in [0.05, 0.1) is 12.3 Å². The van der Waals surface area contributed by atoms with Crippen molar-refractivity contribution >= 4 is 0 Å². The fourth-order valence-electron chi connectivity index (χ4n) is 3.70. The van der Waals surface area contributed by atoms with Gasteiger partial charge in [0, 0.05) is 31.0 Å². The van der Waals surface area contributed by atoms with Crippen LogP contribution in [0.1, 0.15) is 37.9 Å². The fraction of sp³-hybridized carbons (Fsp3) is 0.360. The molecule has 0 saturated heterocycles. The van der Waals surface area contributed by atoms with Gasteiger partial charge in [-0.3, -0.25) is 9.88 Å². The van der Waals surface area contributed by atoms with Gasteiger partial charge >= 0.3 is 0 Å². The van der Waals surface area contributed by atoms with Crippen molar-refractivity contribution in [3.63, 3.8) is 0 Å². The molecule has 2 aromatic heterocycles. The summed E-state index contributed by atoms with van der Waals surface area (Å²) in [6.45, 7) is 7.68. The van der Waals surface area contributed by atoms with Gasteiger partial charge in [-0.1, -0.05) is 38.1 Å². The molecule has 0 unspecified atom stereocenters. The number of pyridine rings is 2. The van der Waals surface area contributed by atoms with Gasteiger partial charge in [0.1, 0.15) is 0 Å². The predicted octanol–water partition coefficient (Wildman–Crippen LogP) is 5.47. The highest BCUT2D eigenvalue weighted by molar-refractivity contribution is 5.43. The van der Waals surface area contributed by atoms with Crippen LogP contribution in [0.3, 0.4) is 0 Å². The molecule has 0 saturated carbocycles. The van der Waals surface area contributed by atoms with Crippen LogP contribution in [0.2, 0.25) is 0 Å². The van der Waals surface area contributed by atoms with E-state index >= 15 is 0 Å². The van der Waals surface area contributed by atoms with Crippen molar-refractivity contribution in [2.45, 2.75) is 39.8 Å². The summed E-state index contributed by atoms with van der Waals surface area (Å²) < 4.78 is 12.4. The Bertz CT molecular complexity index is 959. The van der Waals surface area contributed by atoms with Gasteiger partial charge in [-0.15, -0.1) is 0 Å². The van der Waals surface area contributed by atoms with Crippen molar-refractivity contribution in [2.75, 3.05) is 13.2 Å². The molecular formula is C25H29N3O2. The van der Waals surface area contributed by atoms with E-state index in [1.54, 1.807) is 6.20 Å². The predicted molar refractivity (Wildman–Crippen MR) is 118 cm³/mol. The summed E-state index contributed by atoms with van der Waals surface area (Å²) in [6.07, 6.45) is 5.79. The lowest BCUT2D eigenvalue weighted by atomic mass is 9.88. The van der Waals surface area contributed by atoms with Crippen molar-refractivity contribution in [3.8, 4) is 17.4 Å². The van der Waals surface area contributed by atoms with E-state index in [1.165, 1.54) is 0 Å². The van der Waals surface area contributed by atoms with Crippen molar-refractivity contribution in [3.05, 3.63) is 78.2 Å². The third-order valence-electron chi connectivity index (χ3n) is 5.36. The Hall–Kier alpha value is -2.92. The molecule has 0 aliphatic carbocycles. The van der Waals surface area contributed by atoms with Gasteiger partial charge in [0.2, 0.25) is 5.88 Å². The van der Waals surface area contributed by atoms with Crippen LogP contribution in [0.15, 0.2) is 67.0 Å². The van der Waals surface area contributed by atoms with E-state index in [2.05, 4.69) is 40.8 Å². The molecule has 1 aliphatic rings. The van der Waals surface area contributed by atoms with Crippen LogP contribution in [0.25, 0.3) is 0 Å². The molecule has 156 valence electrons. The number of para-hydroxylation sites is 2. The van der Waals surface area contributed by atoms with E-state index < -0.39 is 0 Å². The van der Waals surface area contributed by atoms with E-state index in [4.69, 9.17) is 9.47 Å². The van der Waals surface area contributed by atoms with E-state index in [1.807, 2.05) is 48.7 Å². The van der Waals surface area contributed by atoms with Crippen LogP contribution in [-0.4, -0.2) is 28.0 Å². The van der Waals surface area contributed by atoms with Crippen molar-refractivity contribution < 1.29 is 9.47 Å². The highest BCUT2D eigenvalue weighted by Crippen LogP contribution is 2.34. The molecular weight excluding hydrogens is 374 g/mol. The van der Waals surface area contributed by atoms with Crippen LogP contribution in [0, 0.1) is 5.41 Å². The zero-order chi connectivity index (χ0) is 20.8. The number of rotatable bonds is 2. The van der Waals surface area contributed by atoms with Crippen LogP contribution >= 0.6 is 0 Å². The fourth-order valence-corrected chi connectivity index (χ4v) is 3.70. The Morgan fingerprint density at radius 1 is 0.933 bits per heavy atom. The summed E-state index contributed by atoms with van der Waals surface area (Å²) in [6, 6.07) is 18.0. The number of benzene rings is 1. The molecule has 4 rings (SSSR count). The van der Waals surface area contributed by atoms with Gasteiger partial charge in [-0.05, 0) is 55.1 Å². The first kappa shape index (κ1) is 20.4. The van der Waals surface area contributed by atoms with Crippen molar-refractivity contribution in [2.24, 2.45) is 5.41 Å². The Kier molecular flexibility index (Phi) is 6.29. The Morgan fingerprint density at radius 2 is 1.73 bits per heavy atom. The summed E-state index contributed by atoms with van der Waals surface area (Å²) in [5.74, 6) is 2.08. The smallest absolute Gasteiger partial charge is 0.223 e. The van der Waals surface area contributed by atoms with E-state index in [0.717, 1.165) is 49.5 Å². The van der Waals surface area contributed by atoms with Gasteiger partial charge in [0.25, 0.3) is 0 Å². The summed E-state index contributed by atoms with van der Waals surface area (Å²) >= 11 is 0. The normalized spacial score (nSPS) is 17.1. The van der Waals surface area contributed by atoms with Gasteiger partial charge in [0.15, 0.2) is 11.5 Å². The minimum Gasteiger partial charge on any atom is -0.489 e. The Morgan fingerprint density at radius 3 is 2.57 bits per heavy atom. The molecule has 0 fully saturated rings. The maximum atomic E-state index is 6.24. The largest absolute Gasteiger partial charge is 0.489 e. The van der Waals surface area contributed by atoms with Crippen molar-refractivity contribution in [1.82, 2.24) is 14.9 Å². The molecule has 3 aromatic rings. The molecule has 0 radical (unpaired) electrons. The number of aromatic nitrogens is 2. The molecule has 0 N–H and O–H groups in total. The maximum Gasteiger partial charge on any atom is 0.223 e. The van der Waals surface area contributed by atoms with E-state index in [-0.39, 0.29) is 5.41 Å². The SMILES string of the molecule is CC1(C)CCCN(Cc2ccccn2)Cc2cccnc2Oc2ccccc2OC1. The third kappa shape index (κ3) is 5.36. The Balaban J connectivity index is 1.65. The average Bonchev–Trinajstić information content (AvgIpc) is 2.75. The molecule has 1 aliphatic heterocycles. The third-order valence-corrected chi connectivity index (χ3v) is 5.36. The zero-order valence-electron chi connectivity index (χ0n) is 17.8. The summed E-state index contributed by atoms with van der Waals surface area (Å²) in [5, 5.41) is 0. The van der Waals surface area contributed by atoms with Gasteiger partial charge in [-0.2, -0.15) is 0 Å². The monoisotopic (exact) mass is 403 g/mol. The number of ether oxygens (including phenoxy) is 2. The quantitative estimate of drug-likeness (QED) is 0.568. The van der Waals surface area contributed by atoms with Crippen LogP contribution < -0.4 is 9.47 Å². The summed E-state index contributed by atoms with van der Waals surface area (Å²) in [7, 11) is 0. The number of hydrogen-bond donors (Lipinski definition) is 0. The second kappa shape index (κ2) is 9.26. The molecule has 30 heavy (non-hydrogen) atoms. The zero-order valence-corrected chi connectivity index (χ0v) is 17.8. The van der Waals surface area contributed by atoms with Gasteiger partial charge in [-0.25, -0.2) is 4.98 Å². The minimum atomic E-state index is 0.0724. The van der Waals surface area contributed by atoms with Crippen LogP contribution in [0.4, 0.5) is 0 Å². The van der Waals surface area contributed by atoms with Crippen LogP contribution in [0.5, 0.6) is 17.4 Å². The lowest BCUT2D eigenvalue weighted by Crippen LogP contribution is -2.27.